The lowest BCUT2D eigenvalue weighted by Crippen LogP contribution is -1.94. The molecule has 0 N–H and O–H groups in total. The minimum Gasteiger partial charge on any atom is -0.204 e. The van der Waals surface area contributed by atoms with Crippen molar-refractivity contribution in [3.63, 3.8) is 0 Å². The molecule has 0 atom stereocenters. The summed E-state index contributed by atoms with van der Waals surface area (Å²) in [5.41, 5.74) is 5.64. The standard InChI is InChI=1S/C24H23F3/c1-3-5-6-16-7-9-18(10-8-16)21-12-11-19(13-17(21)4-2)20-14-22(25)24(27)23(26)15-20/h7-15H,3-6H2,1-2H3. The van der Waals surface area contributed by atoms with Gasteiger partial charge in [-0.25, -0.2) is 13.2 Å². The zero-order chi connectivity index (χ0) is 19.4. The molecular formula is C24H23F3. The quantitative estimate of drug-likeness (QED) is 0.399. The fourth-order valence-electron chi connectivity index (χ4n) is 3.30. The number of aryl methyl sites for hydroxylation is 2. The first-order chi connectivity index (χ1) is 13.0. The molecule has 0 saturated heterocycles. The largest absolute Gasteiger partial charge is 0.204 e. The van der Waals surface area contributed by atoms with Crippen LogP contribution in [0.5, 0.6) is 0 Å². The molecule has 0 nitrogen and oxygen atoms in total. The lowest BCUT2D eigenvalue weighted by Gasteiger charge is -2.12. The van der Waals surface area contributed by atoms with Crippen molar-refractivity contribution in [3.8, 4) is 22.3 Å². The van der Waals surface area contributed by atoms with Crippen LogP contribution in [0.2, 0.25) is 0 Å². The highest BCUT2D eigenvalue weighted by Crippen LogP contribution is 2.31. The van der Waals surface area contributed by atoms with E-state index in [9.17, 15) is 13.2 Å². The monoisotopic (exact) mass is 368 g/mol. The number of rotatable bonds is 6. The van der Waals surface area contributed by atoms with E-state index < -0.39 is 17.5 Å². The van der Waals surface area contributed by atoms with Crippen molar-refractivity contribution >= 4 is 0 Å². The van der Waals surface area contributed by atoms with Crippen LogP contribution >= 0.6 is 0 Å². The highest BCUT2D eigenvalue weighted by molar-refractivity contribution is 5.74. The lowest BCUT2D eigenvalue weighted by molar-refractivity contribution is 0.448. The van der Waals surface area contributed by atoms with Crippen molar-refractivity contribution in [2.45, 2.75) is 39.5 Å². The second-order valence-electron chi connectivity index (χ2n) is 6.78. The maximum Gasteiger partial charge on any atom is 0.194 e. The smallest absolute Gasteiger partial charge is 0.194 e. The molecule has 0 unspecified atom stereocenters. The van der Waals surface area contributed by atoms with E-state index in [0.717, 1.165) is 41.7 Å². The van der Waals surface area contributed by atoms with Crippen LogP contribution in [0.3, 0.4) is 0 Å². The molecule has 3 aromatic carbocycles. The Morgan fingerprint density at radius 3 is 1.93 bits per heavy atom. The van der Waals surface area contributed by atoms with Gasteiger partial charge in [-0.15, -0.1) is 0 Å². The topological polar surface area (TPSA) is 0 Å². The number of hydrogen-bond donors (Lipinski definition) is 0. The van der Waals surface area contributed by atoms with E-state index in [0.29, 0.717) is 11.1 Å². The van der Waals surface area contributed by atoms with Gasteiger partial charge >= 0.3 is 0 Å². The van der Waals surface area contributed by atoms with Gasteiger partial charge < -0.3 is 0 Å². The highest BCUT2D eigenvalue weighted by atomic mass is 19.2. The normalized spacial score (nSPS) is 11.0. The first-order valence-electron chi connectivity index (χ1n) is 9.40. The summed E-state index contributed by atoms with van der Waals surface area (Å²) in [5.74, 6) is -3.78. The summed E-state index contributed by atoms with van der Waals surface area (Å²) in [6.45, 7) is 4.23. The molecule has 0 spiro atoms. The summed E-state index contributed by atoms with van der Waals surface area (Å²) in [6, 6.07) is 16.3. The van der Waals surface area contributed by atoms with Crippen LogP contribution in [0.25, 0.3) is 22.3 Å². The van der Waals surface area contributed by atoms with Crippen molar-refractivity contribution < 1.29 is 13.2 Å². The Morgan fingerprint density at radius 1 is 0.704 bits per heavy atom. The predicted octanol–water partition coefficient (Wildman–Crippen LogP) is 7.34. The maximum atomic E-state index is 13.6. The minimum absolute atomic E-state index is 0.336. The third-order valence-corrected chi connectivity index (χ3v) is 4.89. The van der Waals surface area contributed by atoms with Crippen LogP contribution in [-0.2, 0) is 12.8 Å². The van der Waals surface area contributed by atoms with E-state index in [1.165, 1.54) is 18.4 Å². The summed E-state index contributed by atoms with van der Waals surface area (Å²) in [5, 5.41) is 0. The Morgan fingerprint density at radius 2 is 1.33 bits per heavy atom. The van der Waals surface area contributed by atoms with Gasteiger partial charge in [0, 0.05) is 0 Å². The second-order valence-corrected chi connectivity index (χ2v) is 6.78. The molecule has 0 fully saturated rings. The molecule has 0 radical (unpaired) electrons. The summed E-state index contributed by atoms with van der Waals surface area (Å²) in [7, 11) is 0. The van der Waals surface area contributed by atoms with E-state index >= 15 is 0 Å². The summed E-state index contributed by atoms with van der Waals surface area (Å²) < 4.78 is 40.3. The van der Waals surface area contributed by atoms with Crippen LogP contribution in [0.15, 0.2) is 54.6 Å². The Balaban J connectivity index is 1.95. The van der Waals surface area contributed by atoms with Crippen LogP contribution in [0, 0.1) is 17.5 Å². The molecule has 0 aliphatic heterocycles. The Bertz CT molecular complexity index is 904. The molecule has 3 heteroatoms. The third kappa shape index (κ3) is 4.24. The minimum atomic E-state index is -1.44. The molecule has 0 aromatic heterocycles. The summed E-state index contributed by atoms with van der Waals surface area (Å²) in [4.78, 5) is 0. The molecule has 3 rings (SSSR count). The van der Waals surface area contributed by atoms with Gasteiger partial charge in [0.1, 0.15) is 0 Å². The second kappa shape index (κ2) is 8.43. The van der Waals surface area contributed by atoms with Crippen molar-refractivity contribution in [2.75, 3.05) is 0 Å². The van der Waals surface area contributed by atoms with Crippen molar-refractivity contribution in [1.29, 1.82) is 0 Å². The summed E-state index contributed by atoms with van der Waals surface area (Å²) >= 11 is 0. The van der Waals surface area contributed by atoms with Gasteiger partial charge in [0.15, 0.2) is 17.5 Å². The maximum absolute atomic E-state index is 13.6. The average Bonchev–Trinajstić information content (AvgIpc) is 2.70. The first kappa shape index (κ1) is 19.2. The molecule has 0 heterocycles. The zero-order valence-corrected chi connectivity index (χ0v) is 15.7. The Hall–Kier alpha value is -2.55. The van der Waals surface area contributed by atoms with Crippen LogP contribution in [0.1, 0.15) is 37.8 Å². The Labute approximate surface area is 158 Å². The van der Waals surface area contributed by atoms with E-state index in [1.54, 1.807) is 0 Å². The number of halogens is 3. The van der Waals surface area contributed by atoms with Gasteiger partial charge in [-0.1, -0.05) is 62.7 Å². The van der Waals surface area contributed by atoms with Gasteiger partial charge in [0.2, 0.25) is 0 Å². The SMILES string of the molecule is CCCCc1ccc(-c2ccc(-c3cc(F)c(F)c(F)c3)cc2CC)cc1. The van der Waals surface area contributed by atoms with Gasteiger partial charge in [-0.2, -0.15) is 0 Å². The van der Waals surface area contributed by atoms with E-state index in [4.69, 9.17) is 0 Å². The third-order valence-electron chi connectivity index (χ3n) is 4.89. The summed E-state index contributed by atoms with van der Waals surface area (Å²) in [6.07, 6.45) is 4.22. The van der Waals surface area contributed by atoms with Crippen LogP contribution in [-0.4, -0.2) is 0 Å². The number of benzene rings is 3. The van der Waals surface area contributed by atoms with Gasteiger partial charge in [-0.3, -0.25) is 0 Å². The van der Waals surface area contributed by atoms with Crippen LogP contribution in [0.4, 0.5) is 13.2 Å². The average molecular weight is 368 g/mol. The fourth-order valence-corrected chi connectivity index (χ4v) is 3.30. The molecular weight excluding hydrogens is 345 g/mol. The number of hydrogen-bond acceptors (Lipinski definition) is 0. The molecule has 0 saturated carbocycles. The first-order valence-corrected chi connectivity index (χ1v) is 9.40. The molecule has 0 bridgehead atoms. The van der Waals surface area contributed by atoms with Gasteiger partial charge in [0.05, 0.1) is 0 Å². The van der Waals surface area contributed by atoms with Crippen molar-refractivity contribution in [3.05, 3.63) is 83.2 Å². The molecule has 0 amide bonds. The van der Waals surface area contributed by atoms with Crippen molar-refractivity contribution in [1.82, 2.24) is 0 Å². The van der Waals surface area contributed by atoms with E-state index in [-0.39, 0.29) is 0 Å². The highest BCUT2D eigenvalue weighted by Gasteiger charge is 2.13. The van der Waals surface area contributed by atoms with Gasteiger partial charge in [-0.05, 0) is 64.8 Å². The van der Waals surface area contributed by atoms with Crippen LogP contribution < -0.4 is 0 Å². The Kier molecular flexibility index (Phi) is 6.00. The lowest BCUT2D eigenvalue weighted by atomic mass is 9.93. The molecule has 3 aromatic rings. The van der Waals surface area contributed by atoms with E-state index in [1.807, 2.05) is 25.1 Å². The molecule has 0 aliphatic carbocycles. The van der Waals surface area contributed by atoms with Crippen molar-refractivity contribution in [2.24, 2.45) is 0 Å². The fraction of sp³-hybridized carbons (Fsp3) is 0.250. The van der Waals surface area contributed by atoms with Gasteiger partial charge in [0.25, 0.3) is 0 Å². The number of unbranched alkanes of at least 4 members (excludes halogenated alkanes) is 1. The van der Waals surface area contributed by atoms with E-state index in [2.05, 4.69) is 31.2 Å². The molecule has 140 valence electrons. The molecule has 0 aliphatic rings. The predicted molar refractivity (Wildman–Crippen MR) is 105 cm³/mol. The molecule has 27 heavy (non-hydrogen) atoms. The zero-order valence-electron chi connectivity index (χ0n) is 15.7.